The Kier molecular flexibility index (Phi) is 10.6. The highest BCUT2D eigenvalue weighted by Crippen LogP contribution is 1.93. The van der Waals surface area contributed by atoms with Crippen molar-refractivity contribution in [2.45, 2.75) is 19.3 Å². The average Bonchev–Trinajstić information content (AvgIpc) is 2.09. The molecule has 0 bridgehead atoms. The van der Waals surface area contributed by atoms with E-state index in [2.05, 4.69) is 30.6 Å². The van der Waals surface area contributed by atoms with Crippen LogP contribution < -0.4 is 5.32 Å². The highest BCUT2D eigenvalue weighted by Gasteiger charge is 1.91. The maximum Gasteiger partial charge on any atom is -0.00244 e. The van der Waals surface area contributed by atoms with Crippen molar-refractivity contribution in [2.24, 2.45) is 0 Å². The van der Waals surface area contributed by atoms with Crippen molar-refractivity contribution in [3.8, 4) is 0 Å². The van der Waals surface area contributed by atoms with Gasteiger partial charge in [0.1, 0.15) is 0 Å². The van der Waals surface area contributed by atoms with E-state index in [0.29, 0.717) is 0 Å². The molecule has 1 N–H and O–H groups in total. The Hall–Kier alpha value is 0.270. The highest BCUT2D eigenvalue weighted by atomic mass is 32.2. The van der Waals surface area contributed by atoms with Crippen LogP contribution in [0.3, 0.4) is 0 Å². The molecule has 80 valence electrons. The summed E-state index contributed by atoms with van der Waals surface area (Å²) < 4.78 is 0. The van der Waals surface area contributed by atoms with Crippen molar-refractivity contribution in [3.05, 3.63) is 0 Å². The first-order valence-electron chi connectivity index (χ1n) is 5.11. The molecule has 0 aliphatic rings. The zero-order valence-electron chi connectivity index (χ0n) is 9.31. The monoisotopic (exact) mass is 204 g/mol. The Morgan fingerprint density at radius 2 is 1.77 bits per heavy atom. The number of hydrogen-bond donors (Lipinski definition) is 1. The number of thioether (sulfide) groups is 1. The summed E-state index contributed by atoms with van der Waals surface area (Å²) in [5, 5.41) is 3.46. The van der Waals surface area contributed by atoms with Crippen LogP contribution in [0.1, 0.15) is 19.3 Å². The minimum Gasteiger partial charge on any atom is -0.317 e. The van der Waals surface area contributed by atoms with E-state index in [9.17, 15) is 0 Å². The summed E-state index contributed by atoms with van der Waals surface area (Å²) in [6.45, 7) is 3.58. The third-order valence-corrected chi connectivity index (χ3v) is 2.61. The van der Waals surface area contributed by atoms with Gasteiger partial charge in [-0.2, -0.15) is 11.8 Å². The van der Waals surface area contributed by atoms with E-state index >= 15 is 0 Å². The SMILES string of the molecule is CSCCCNCCCCN(C)C. The third-order valence-electron chi connectivity index (χ3n) is 1.91. The van der Waals surface area contributed by atoms with E-state index in [1.54, 1.807) is 0 Å². The fourth-order valence-corrected chi connectivity index (χ4v) is 1.58. The lowest BCUT2D eigenvalue weighted by molar-refractivity contribution is 0.392. The van der Waals surface area contributed by atoms with Gasteiger partial charge in [0.2, 0.25) is 0 Å². The molecule has 0 rings (SSSR count). The van der Waals surface area contributed by atoms with Gasteiger partial charge < -0.3 is 10.2 Å². The fourth-order valence-electron chi connectivity index (χ4n) is 1.14. The molecule has 0 aromatic rings. The predicted octanol–water partition coefficient (Wildman–Crippen LogP) is 1.67. The molecule has 0 spiro atoms. The quantitative estimate of drug-likeness (QED) is 0.575. The summed E-state index contributed by atoms with van der Waals surface area (Å²) in [4.78, 5) is 2.24. The standard InChI is InChI=1S/C10H24N2S/c1-12(2)9-5-4-7-11-8-6-10-13-3/h11H,4-10H2,1-3H3. The number of nitrogens with one attached hydrogen (secondary N) is 1. The molecule has 0 fully saturated rings. The molecule has 0 amide bonds. The topological polar surface area (TPSA) is 15.3 Å². The molecule has 2 nitrogen and oxygen atoms in total. The molecular weight excluding hydrogens is 180 g/mol. The largest absolute Gasteiger partial charge is 0.317 e. The van der Waals surface area contributed by atoms with E-state index in [0.717, 1.165) is 0 Å². The van der Waals surface area contributed by atoms with Gasteiger partial charge >= 0.3 is 0 Å². The van der Waals surface area contributed by atoms with Crippen LogP contribution in [0.25, 0.3) is 0 Å². The minimum absolute atomic E-state index is 1.18. The number of rotatable bonds is 9. The van der Waals surface area contributed by atoms with Crippen LogP contribution in [0.2, 0.25) is 0 Å². The molecule has 0 aliphatic heterocycles. The Labute approximate surface area is 87.5 Å². The predicted molar refractivity (Wildman–Crippen MR) is 63.7 cm³/mol. The van der Waals surface area contributed by atoms with Gasteiger partial charge in [-0.3, -0.25) is 0 Å². The van der Waals surface area contributed by atoms with E-state index in [4.69, 9.17) is 0 Å². The van der Waals surface area contributed by atoms with Crippen LogP contribution >= 0.6 is 11.8 Å². The van der Waals surface area contributed by atoms with Gasteiger partial charge in [-0.15, -0.1) is 0 Å². The minimum atomic E-state index is 1.18. The molecule has 0 saturated carbocycles. The number of nitrogens with zero attached hydrogens (tertiary/aromatic N) is 1. The molecule has 13 heavy (non-hydrogen) atoms. The molecule has 0 unspecified atom stereocenters. The normalized spacial score (nSPS) is 11.1. The van der Waals surface area contributed by atoms with Crippen LogP contribution in [-0.2, 0) is 0 Å². The van der Waals surface area contributed by atoms with Gasteiger partial charge in [-0.25, -0.2) is 0 Å². The van der Waals surface area contributed by atoms with Gasteiger partial charge in [0, 0.05) is 0 Å². The Balaban J connectivity index is 2.84. The second-order valence-corrected chi connectivity index (χ2v) is 4.59. The van der Waals surface area contributed by atoms with Crippen LogP contribution in [0.4, 0.5) is 0 Å². The van der Waals surface area contributed by atoms with Gasteiger partial charge in [-0.1, -0.05) is 0 Å². The summed E-state index contributed by atoms with van der Waals surface area (Å²) >= 11 is 1.93. The third kappa shape index (κ3) is 12.3. The lowest BCUT2D eigenvalue weighted by Gasteiger charge is -2.09. The summed E-state index contributed by atoms with van der Waals surface area (Å²) in [5.74, 6) is 1.28. The van der Waals surface area contributed by atoms with Crippen molar-refractivity contribution in [1.82, 2.24) is 10.2 Å². The summed E-state index contributed by atoms with van der Waals surface area (Å²) in [7, 11) is 4.26. The first-order chi connectivity index (χ1) is 6.27. The van der Waals surface area contributed by atoms with Gasteiger partial charge in [0.05, 0.1) is 0 Å². The fraction of sp³-hybridized carbons (Fsp3) is 1.00. The molecule has 0 heterocycles. The molecule has 0 radical (unpaired) electrons. The first-order valence-corrected chi connectivity index (χ1v) is 6.51. The van der Waals surface area contributed by atoms with E-state index in [1.807, 2.05) is 11.8 Å². The van der Waals surface area contributed by atoms with Gasteiger partial charge in [0.25, 0.3) is 0 Å². The first kappa shape index (κ1) is 13.3. The van der Waals surface area contributed by atoms with Crippen molar-refractivity contribution in [2.75, 3.05) is 45.7 Å². The lowest BCUT2D eigenvalue weighted by Crippen LogP contribution is -2.19. The van der Waals surface area contributed by atoms with Crippen molar-refractivity contribution in [1.29, 1.82) is 0 Å². The molecule has 0 aliphatic carbocycles. The summed E-state index contributed by atoms with van der Waals surface area (Å²) in [5.41, 5.74) is 0. The van der Waals surface area contributed by atoms with Crippen LogP contribution in [-0.4, -0.2) is 50.6 Å². The van der Waals surface area contributed by atoms with E-state index < -0.39 is 0 Å². The molecule has 0 atom stereocenters. The van der Waals surface area contributed by atoms with Crippen molar-refractivity contribution in [3.63, 3.8) is 0 Å². The number of unbranched alkanes of at least 4 members (excludes halogenated alkanes) is 1. The summed E-state index contributed by atoms with van der Waals surface area (Å²) in [6.07, 6.45) is 6.08. The maximum absolute atomic E-state index is 3.46. The van der Waals surface area contributed by atoms with Gasteiger partial charge in [0.15, 0.2) is 0 Å². The molecule has 3 heteroatoms. The van der Waals surface area contributed by atoms with Crippen LogP contribution in [0.5, 0.6) is 0 Å². The van der Waals surface area contributed by atoms with Crippen LogP contribution in [0, 0.1) is 0 Å². The van der Waals surface area contributed by atoms with Gasteiger partial charge in [-0.05, 0) is 65.0 Å². The second-order valence-electron chi connectivity index (χ2n) is 3.61. The zero-order chi connectivity index (χ0) is 9.94. The van der Waals surface area contributed by atoms with Crippen molar-refractivity contribution < 1.29 is 0 Å². The summed E-state index contributed by atoms with van der Waals surface area (Å²) in [6, 6.07) is 0. The van der Waals surface area contributed by atoms with E-state index in [1.165, 1.54) is 44.6 Å². The molecular formula is C10H24N2S. The average molecular weight is 204 g/mol. The number of hydrogen-bond acceptors (Lipinski definition) is 3. The smallest absolute Gasteiger partial charge is 0.00244 e. The molecule has 0 aromatic carbocycles. The van der Waals surface area contributed by atoms with E-state index in [-0.39, 0.29) is 0 Å². The zero-order valence-corrected chi connectivity index (χ0v) is 10.1. The Bertz CT molecular complexity index is 96.9. The maximum atomic E-state index is 3.46. The Morgan fingerprint density at radius 1 is 1.08 bits per heavy atom. The Morgan fingerprint density at radius 3 is 2.38 bits per heavy atom. The van der Waals surface area contributed by atoms with Crippen molar-refractivity contribution >= 4 is 11.8 Å². The second kappa shape index (κ2) is 10.4. The molecule has 0 saturated heterocycles. The lowest BCUT2D eigenvalue weighted by atomic mass is 10.3. The highest BCUT2D eigenvalue weighted by molar-refractivity contribution is 7.98. The van der Waals surface area contributed by atoms with Crippen LogP contribution in [0.15, 0.2) is 0 Å². The molecule has 0 aromatic heterocycles.